The predicted molar refractivity (Wildman–Crippen MR) is 52.1 cm³/mol. The van der Waals surface area contributed by atoms with Gasteiger partial charge in [-0.3, -0.25) is 4.57 Å². The third-order valence-electron chi connectivity index (χ3n) is 0.998. The maximum Gasteiger partial charge on any atom is 1.00 e. The van der Waals surface area contributed by atoms with Crippen molar-refractivity contribution >= 4 is 17.9 Å². The predicted octanol–water partition coefficient (Wildman–Crippen LogP) is -3.46. The Labute approximate surface area is 117 Å². The molecule has 0 fully saturated rings. The van der Waals surface area contributed by atoms with Gasteiger partial charge in [-0.05, 0) is 6.42 Å². The summed E-state index contributed by atoms with van der Waals surface area (Å²) < 4.78 is 38.6. The third-order valence-corrected chi connectivity index (χ3v) is 1.79. The van der Waals surface area contributed by atoms with Crippen molar-refractivity contribution in [1.82, 2.24) is 6.15 Å². The van der Waals surface area contributed by atoms with Gasteiger partial charge in [0.15, 0.2) is 0 Å². The van der Waals surface area contributed by atoms with Crippen molar-refractivity contribution in [3.8, 4) is 0 Å². The van der Waals surface area contributed by atoms with Crippen LogP contribution in [0.2, 0.25) is 0 Å². The molecule has 0 aliphatic rings. The molecule has 0 heterocycles. The van der Waals surface area contributed by atoms with Crippen LogP contribution < -0.4 is 40.6 Å². The maximum atomic E-state index is 9.95. The second kappa shape index (κ2) is 12.4. The van der Waals surface area contributed by atoms with E-state index in [-0.39, 0.29) is 41.5 Å². The van der Waals surface area contributed by atoms with Gasteiger partial charge in [0.1, 0.15) is 0 Å². The first-order valence-electron chi connectivity index (χ1n) is 3.76. The van der Waals surface area contributed by atoms with Crippen molar-refractivity contribution in [2.75, 3.05) is 5.75 Å². The standard InChI is InChI=1S/C5H12O3S.H3N.Na.H3O4P/c1-2-3-4-5-9(6,7)8;;;1-5(2,3)4/h2-5H2,1H3,(H,6,7,8);1H3;;(H3,1,2,3,4)/q;;+1;/p-1. The van der Waals surface area contributed by atoms with Crippen LogP contribution in [0.4, 0.5) is 0 Å². The zero-order valence-electron chi connectivity index (χ0n) is 9.62. The molecule has 8 nitrogen and oxygen atoms in total. The van der Waals surface area contributed by atoms with E-state index in [1.807, 2.05) is 6.92 Å². The molecule has 0 bridgehead atoms. The molecular formula is C5H17NNaO7PS. The average Bonchev–Trinajstić information content (AvgIpc) is 1.80. The zero-order chi connectivity index (χ0) is 11.8. The minimum atomic E-state index is -4.89. The largest absolute Gasteiger partial charge is 1.00 e. The van der Waals surface area contributed by atoms with Gasteiger partial charge in [0.25, 0.3) is 7.82 Å². The van der Waals surface area contributed by atoms with E-state index < -0.39 is 17.9 Å². The quantitative estimate of drug-likeness (QED) is 0.208. The first kappa shape index (κ1) is 25.7. The molecule has 0 saturated heterocycles. The molecule has 0 atom stereocenters. The van der Waals surface area contributed by atoms with E-state index in [9.17, 15) is 13.0 Å². The van der Waals surface area contributed by atoms with E-state index >= 15 is 0 Å². The Balaban J connectivity index is -0.0000000904. The fourth-order valence-electron chi connectivity index (χ4n) is 0.529. The van der Waals surface area contributed by atoms with Crippen molar-refractivity contribution in [2.45, 2.75) is 26.2 Å². The second-order valence-electron chi connectivity index (χ2n) is 2.46. The van der Waals surface area contributed by atoms with E-state index in [0.29, 0.717) is 6.42 Å². The van der Waals surface area contributed by atoms with Crippen molar-refractivity contribution in [3.05, 3.63) is 0 Å². The van der Waals surface area contributed by atoms with E-state index in [1.54, 1.807) is 0 Å². The van der Waals surface area contributed by atoms with E-state index in [0.717, 1.165) is 12.8 Å². The van der Waals surface area contributed by atoms with E-state index in [1.165, 1.54) is 0 Å². The Morgan fingerprint density at radius 3 is 1.75 bits per heavy atom. The summed E-state index contributed by atoms with van der Waals surface area (Å²) >= 11 is 0. The first-order valence-corrected chi connectivity index (χ1v) is 6.87. The molecule has 0 unspecified atom stereocenters. The Kier molecular flexibility index (Phi) is 20.0. The van der Waals surface area contributed by atoms with Gasteiger partial charge in [0, 0.05) is 5.75 Å². The molecule has 0 aromatic heterocycles. The van der Waals surface area contributed by atoms with Gasteiger partial charge in [0.05, 0.1) is 10.1 Å². The molecule has 6 N–H and O–H groups in total. The summed E-state index contributed by atoms with van der Waals surface area (Å²) in [5.41, 5.74) is 0. The molecule has 0 aromatic carbocycles. The smallest absolute Gasteiger partial charge is 0.756 e. The van der Waals surface area contributed by atoms with Crippen LogP contribution in [0.1, 0.15) is 26.2 Å². The number of rotatable bonds is 4. The number of hydrogen-bond donors (Lipinski definition) is 3. The fraction of sp³-hybridized carbons (Fsp3) is 1.00. The van der Waals surface area contributed by atoms with E-state index in [4.69, 9.17) is 19.2 Å². The molecular weight excluding hydrogens is 272 g/mol. The van der Waals surface area contributed by atoms with Gasteiger partial charge in [-0.15, -0.1) is 0 Å². The molecule has 0 aromatic rings. The molecule has 0 aliphatic carbocycles. The van der Waals surface area contributed by atoms with Crippen molar-refractivity contribution in [3.63, 3.8) is 0 Å². The van der Waals surface area contributed by atoms with Gasteiger partial charge in [0.2, 0.25) is 0 Å². The van der Waals surface area contributed by atoms with Gasteiger partial charge in [-0.1, -0.05) is 19.8 Å². The summed E-state index contributed by atoms with van der Waals surface area (Å²) in [6.07, 6.45) is 2.26. The minimum Gasteiger partial charge on any atom is -0.756 e. The van der Waals surface area contributed by atoms with Crippen LogP contribution in [0.3, 0.4) is 0 Å². The number of hydrogen-bond acceptors (Lipinski definition) is 5. The molecule has 0 amide bonds. The van der Waals surface area contributed by atoms with Crippen LogP contribution >= 0.6 is 7.82 Å². The van der Waals surface area contributed by atoms with Crippen LogP contribution in [0.5, 0.6) is 0 Å². The SMILES string of the molecule is CCCCCS(=O)(=O)[O-].O=P([O-])(O)O.[NH4+].[Na+]. The van der Waals surface area contributed by atoms with Gasteiger partial charge < -0.3 is 25.4 Å². The maximum absolute atomic E-state index is 9.95. The summed E-state index contributed by atoms with van der Waals surface area (Å²) in [5, 5.41) is 0. The number of unbranched alkanes of at least 4 members (excludes halogenated alkanes) is 2. The fourth-order valence-corrected chi connectivity index (χ4v) is 1.09. The van der Waals surface area contributed by atoms with Gasteiger partial charge >= 0.3 is 29.6 Å². The average molecular weight is 289 g/mol. The Hall–Kier alpha value is 0.980. The zero-order valence-corrected chi connectivity index (χ0v) is 13.3. The van der Waals surface area contributed by atoms with Gasteiger partial charge in [-0.2, -0.15) is 0 Å². The van der Waals surface area contributed by atoms with Crippen LogP contribution in [0.15, 0.2) is 0 Å². The Morgan fingerprint density at radius 2 is 1.56 bits per heavy atom. The van der Waals surface area contributed by atoms with Crippen LogP contribution in [-0.2, 0) is 14.7 Å². The van der Waals surface area contributed by atoms with Crippen molar-refractivity contribution in [1.29, 1.82) is 0 Å². The van der Waals surface area contributed by atoms with Crippen LogP contribution in [-0.4, -0.2) is 28.5 Å². The topological polar surface area (TPSA) is 174 Å². The Bertz CT molecular complexity index is 268. The van der Waals surface area contributed by atoms with Crippen LogP contribution in [0, 0.1) is 0 Å². The normalized spacial score (nSPS) is 10.3. The number of phosphoric acid groups is 1. The monoisotopic (exact) mass is 289 g/mol. The molecule has 0 aliphatic heterocycles. The van der Waals surface area contributed by atoms with Gasteiger partial charge in [-0.25, -0.2) is 8.42 Å². The molecule has 16 heavy (non-hydrogen) atoms. The summed E-state index contributed by atoms with van der Waals surface area (Å²) in [5.74, 6) is -0.208. The summed E-state index contributed by atoms with van der Waals surface area (Å²) in [6.45, 7) is 1.96. The van der Waals surface area contributed by atoms with Crippen LogP contribution in [0.25, 0.3) is 0 Å². The molecule has 0 spiro atoms. The summed E-state index contributed by atoms with van der Waals surface area (Å²) in [6, 6.07) is 0. The molecule has 0 rings (SSSR count). The third kappa shape index (κ3) is 60.1. The number of quaternary nitrogens is 1. The minimum absolute atomic E-state index is 0. The second-order valence-corrected chi connectivity index (χ2v) is 4.96. The summed E-state index contributed by atoms with van der Waals surface area (Å²) in [7, 11) is -8.84. The molecule has 0 saturated carbocycles. The van der Waals surface area contributed by atoms with E-state index in [2.05, 4.69) is 0 Å². The molecule has 0 radical (unpaired) electrons. The molecule has 11 heteroatoms. The summed E-state index contributed by atoms with van der Waals surface area (Å²) in [4.78, 5) is 22.9. The molecule has 96 valence electrons. The van der Waals surface area contributed by atoms with Crippen molar-refractivity contribution < 1.29 is 61.8 Å². The van der Waals surface area contributed by atoms with Crippen molar-refractivity contribution in [2.24, 2.45) is 0 Å². The Morgan fingerprint density at radius 1 is 1.25 bits per heavy atom. The first-order chi connectivity index (χ1) is 6.06.